The Balaban J connectivity index is 1.58. The van der Waals surface area contributed by atoms with Crippen LogP contribution in [-0.4, -0.2) is 19.1 Å². The van der Waals surface area contributed by atoms with Gasteiger partial charge in [0.1, 0.15) is 0 Å². The molecular formula is C12H15NO2. The van der Waals surface area contributed by atoms with Crippen molar-refractivity contribution in [3.63, 3.8) is 0 Å². The van der Waals surface area contributed by atoms with Crippen molar-refractivity contribution < 1.29 is 9.53 Å². The number of rotatable bonds is 1. The number of hydrogen-bond acceptors (Lipinski definition) is 3. The largest absolute Gasteiger partial charge is 0.469 e. The molecule has 2 bridgehead atoms. The molecule has 0 amide bonds. The summed E-state index contributed by atoms with van der Waals surface area (Å²) in [5.74, 6) is 6.95. The molecule has 0 saturated heterocycles. The van der Waals surface area contributed by atoms with Gasteiger partial charge in [-0.1, -0.05) is 0 Å². The van der Waals surface area contributed by atoms with Crippen LogP contribution < -0.4 is 5.73 Å². The highest BCUT2D eigenvalue weighted by Crippen LogP contribution is 2.92. The fourth-order valence-electron chi connectivity index (χ4n) is 6.49. The van der Waals surface area contributed by atoms with Gasteiger partial charge in [-0.25, -0.2) is 0 Å². The van der Waals surface area contributed by atoms with Crippen LogP contribution in [0.5, 0.6) is 0 Å². The molecule has 6 fully saturated rings. The monoisotopic (exact) mass is 205 g/mol. The Morgan fingerprint density at radius 2 is 1.40 bits per heavy atom. The zero-order valence-corrected chi connectivity index (χ0v) is 8.67. The molecule has 15 heavy (non-hydrogen) atoms. The molecule has 3 nitrogen and oxygen atoms in total. The van der Waals surface area contributed by atoms with E-state index in [0.29, 0.717) is 11.8 Å². The number of hydrogen-bond donors (Lipinski definition) is 1. The molecule has 0 aromatic rings. The van der Waals surface area contributed by atoms with Crippen molar-refractivity contribution in [3.05, 3.63) is 0 Å². The van der Waals surface area contributed by atoms with Crippen LogP contribution in [0.4, 0.5) is 0 Å². The van der Waals surface area contributed by atoms with Gasteiger partial charge in [-0.3, -0.25) is 4.79 Å². The standard InChI is InChI=1S/C12H15NO2/c1-15-12(14)10-8-4-2-3-6(4)9(11(10)13)7(3)5(2)8/h2-11H,13H2,1H3. The van der Waals surface area contributed by atoms with Gasteiger partial charge < -0.3 is 10.5 Å². The van der Waals surface area contributed by atoms with Crippen LogP contribution >= 0.6 is 0 Å². The lowest BCUT2D eigenvalue weighted by Gasteiger charge is -2.94. The highest BCUT2D eigenvalue weighted by molar-refractivity contribution is 5.75. The zero-order valence-electron chi connectivity index (χ0n) is 8.67. The van der Waals surface area contributed by atoms with Crippen LogP contribution in [-0.2, 0) is 9.53 Å². The summed E-state index contributed by atoms with van der Waals surface area (Å²) in [5, 5.41) is 0. The van der Waals surface area contributed by atoms with E-state index in [0.717, 1.165) is 35.5 Å². The first-order valence-corrected chi connectivity index (χ1v) is 6.11. The first-order valence-electron chi connectivity index (χ1n) is 6.11. The molecule has 0 aliphatic heterocycles. The first-order chi connectivity index (χ1) is 7.27. The number of nitrogens with two attached hydrogens (primary N) is 1. The zero-order chi connectivity index (χ0) is 10.1. The van der Waals surface area contributed by atoms with E-state index >= 15 is 0 Å². The number of methoxy groups -OCH3 is 1. The Labute approximate surface area is 88.3 Å². The normalized spacial score (nSPS) is 74.3. The quantitative estimate of drug-likeness (QED) is 0.618. The number of ether oxygens (including phenoxy) is 1. The molecule has 6 aliphatic carbocycles. The lowest BCUT2D eigenvalue weighted by molar-refractivity contribution is -0.472. The van der Waals surface area contributed by atoms with Crippen LogP contribution in [0.2, 0.25) is 0 Å². The van der Waals surface area contributed by atoms with Crippen LogP contribution in [0.15, 0.2) is 0 Å². The predicted octanol–water partition coefficient (Wildman–Crippen LogP) is 0.100. The van der Waals surface area contributed by atoms with Gasteiger partial charge in [-0.05, 0) is 47.3 Å². The second kappa shape index (κ2) is 1.86. The van der Waals surface area contributed by atoms with E-state index in [1.54, 1.807) is 0 Å². The van der Waals surface area contributed by atoms with E-state index in [1.807, 2.05) is 0 Å². The molecule has 3 heteroatoms. The smallest absolute Gasteiger partial charge is 0.310 e. The molecule has 0 aromatic carbocycles. The van der Waals surface area contributed by atoms with E-state index in [1.165, 1.54) is 7.11 Å². The van der Waals surface area contributed by atoms with Crippen LogP contribution in [0.25, 0.3) is 0 Å². The minimum absolute atomic E-state index is 0.0387. The van der Waals surface area contributed by atoms with Gasteiger partial charge in [0.15, 0.2) is 0 Å². The summed E-state index contributed by atoms with van der Waals surface area (Å²) >= 11 is 0. The third-order valence-corrected chi connectivity index (χ3v) is 6.64. The molecule has 2 N–H and O–H groups in total. The number of fused-ring (bicyclic) bond motifs is 1. The Kier molecular flexibility index (Phi) is 0.948. The van der Waals surface area contributed by atoms with Crippen LogP contribution in [0.1, 0.15) is 0 Å². The lowest BCUT2D eigenvalue weighted by atomic mass is 9.10. The van der Waals surface area contributed by atoms with Crippen molar-refractivity contribution in [2.45, 2.75) is 6.04 Å². The van der Waals surface area contributed by atoms with Gasteiger partial charge >= 0.3 is 5.97 Å². The third kappa shape index (κ3) is 0.465. The molecule has 80 valence electrons. The Hall–Kier alpha value is -0.570. The van der Waals surface area contributed by atoms with Gasteiger partial charge in [0.25, 0.3) is 0 Å². The topological polar surface area (TPSA) is 52.3 Å². The molecule has 6 rings (SSSR count). The summed E-state index contributed by atoms with van der Waals surface area (Å²) in [6, 6.07) is 0.113. The Morgan fingerprint density at radius 1 is 0.933 bits per heavy atom. The highest BCUT2D eigenvalue weighted by Gasteiger charge is 2.91. The van der Waals surface area contributed by atoms with Gasteiger partial charge in [0.2, 0.25) is 0 Å². The SMILES string of the molecule is COC(=O)C1C(N)C2C3C4C1C1C2C3C41. The molecule has 0 spiro atoms. The second-order valence-electron chi connectivity index (χ2n) is 6.25. The molecule has 0 radical (unpaired) electrons. The minimum atomic E-state index is -0.0387. The van der Waals surface area contributed by atoms with Crippen molar-refractivity contribution in [1.82, 2.24) is 0 Å². The van der Waals surface area contributed by atoms with Crippen molar-refractivity contribution in [2.24, 2.45) is 59.0 Å². The maximum Gasteiger partial charge on any atom is 0.310 e. The van der Waals surface area contributed by atoms with Crippen molar-refractivity contribution in [1.29, 1.82) is 0 Å². The van der Waals surface area contributed by atoms with Crippen LogP contribution in [0, 0.1) is 53.3 Å². The molecule has 6 unspecified atom stereocenters. The second-order valence-corrected chi connectivity index (χ2v) is 6.25. The number of carbonyl (C=O) groups excluding carboxylic acids is 1. The molecular weight excluding hydrogens is 190 g/mol. The summed E-state index contributed by atoms with van der Waals surface area (Å²) in [6.45, 7) is 0. The molecule has 0 heterocycles. The summed E-state index contributed by atoms with van der Waals surface area (Å²) in [4.78, 5) is 11.8. The van der Waals surface area contributed by atoms with E-state index in [-0.39, 0.29) is 17.9 Å². The Morgan fingerprint density at radius 3 is 1.93 bits per heavy atom. The fraction of sp³-hybridized carbons (Fsp3) is 0.917. The summed E-state index contributed by atoms with van der Waals surface area (Å²) < 4.78 is 4.92. The van der Waals surface area contributed by atoms with Crippen molar-refractivity contribution in [3.8, 4) is 0 Å². The number of carbonyl (C=O) groups is 1. The molecule has 6 aliphatic rings. The maximum atomic E-state index is 11.8. The minimum Gasteiger partial charge on any atom is -0.469 e. The average Bonchev–Trinajstić information content (AvgIpc) is 2.22. The third-order valence-electron chi connectivity index (χ3n) is 6.64. The lowest BCUT2D eigenvalue weighted by Crippen LogP contribution is -2.94. The molecule has 0 aromatic heterocycles. The Bertz CT molecular complexity index is 375. The van der Waals surface area contributed by atoms with Crippen LogP contribution in [0.3, 0.4) is 0 Å². The summed E-state index contributed by atoms with van der Waals surface area (Å²) in [6.07, 6.45) is 0. The van der Waals surface area contributed by atoms with E-state index in [9.17, 15) is 4.79 Å². The number of esters is 1. The summed E-state index contributed by atoms with van der Waals surface area (Å²) in [7, 11) is 1.50. The predicted molar refractivity (Wildman–Crippen MR) is 51.4 cm³/mol. The van der Waals surface area contributed by atoms with Gasteiger partial charge in [-0.15, -0.1) is 0 Å². The van der Waals surface area contributed by atoms with Crippen molar-refractivity contribution in [2.75, 3.05) is 7.11 Å². The highest BCUT2D eigenvalue weighted by atomic mass is 16.5. The maximum absolute atomic E-state index is 11.8. The fourth-order valence-corrected chi connectivity index (χ4v) is 6.49. The first kappa shape index (κ1) is 7.66. The van der Waals surface area contributed by atoms with Gasteiger partial charge in [0, 0.05) is 6.04 Å². The van der Waals surface area contributed by atoms with E-state index in [4.69, 9.17) is 10.5 Å². The van der Waals surface area contributed by atoms with E-state index in [2.05, 4.69) is 0 Å². The van der Waals surface area contributed by atoms with E-state index < -0.39 is 0 Å². The molecule has 6 saturated carbocycles. The van der Waals surface area contributed by atoms with Gasteiger partial charge in [-0.2, -0.15) is 0 Å². The molecule has 6 atom stereocenters. The van der Waals surface area contributed by atoms with Crippen molar-refractivity contribution >= 4 is 5.97 Å². The van der Waals surface area contributed by atoms with Gasteiger partial charge in [0.05, 0.1) is 13.0 Å². The summed E-state index contributed by atoms with van der Waals surface area (Å²) in [5.41, 5.74) is 6.25. The average molecular weight is 205 g/mol.